The van der Waals surface area contributed by atoms with Gasteiger partial charge in [-0.2, -0.15) is 0 Å². The second kappa shape index (κ2) is 10.2. The van der Waals surface area contributed by atoms with E-state index in [1.54, 1.807) is 49.4 Å². The normalized spacial score (nSPS) is 15.1. The number of fused-ring (bicyclic) bond motifs is 1. The van der Waals surface area contributed by atoms with Gasteiger partial charge in [0.05, 0.1) is 55.8 Å². The van der Waals surface area contributed by atoms with Crippen LogP contribution in [0.1, 0.15) is 34.5 Å². The molecule has 0 saturated heterocycles. The van der Waals surface area contributed by atoms with Crippen molar-refractivity contribution in [3.63, 3.8) is 0 Å². The van der Waals surface area contributed by atoms with Crippen LogP contribution in [-0.2, 0) is 14.3 Å². The molecule has 1 aliphatic heterocycles. The summed E-state index contributed by atoms with van der Waals surface area (Å²) < 4.78 is 22.5. The first-order chi connectivity index (χ1) is 17.3. The lowest BCUT2D eigenvalue weighted by atomic mass is 9.95. The second-order valence-corrected chi connectivity index (χ2v) is 8.78. The van der Waals surface area contributed by atoms with Crippen LogP contribution in [0.3, 0.4) is 0 Å². The zero-order valence-electron chi connectivity index (χ0n) is 20.4. The maximum absolute atomic E-state index is 13.7. The van der Waals surface area contributed by atoms with Crippen molar-refractivity contribution in [2.45, 2.75) is 13.0 Å². The Morgan fingerprint density at radius 1 is 0.972 bits per heavy atom. The minimum Gasteiger partial charge on any atom is -0.493 e. The third-order valence-corrected chi connectivity index (χ3v) is 6.78. The predicted molar refractivity (Wildman–Crippen MR) is 133 cm³/mol. The third-order valence-electron chi connectivity index (χ3n) is 5.79. The number of ether oxygens (including phenoxy) is 4. The summed E-state index contributed by atoms with van der Waals surface area (Å²) in [6.45, 7) is 1.70. The van der Waals surface area contributed by atoms with Gasteiger partial charge in [-0.25, -0.2) is 14.6 Å². The number of hydrogen-bond acceptors (Lipinski definition) is 9. The van der Waals surface area contributed by atoms with Crippen LogP contribution in [0, 0.1) is 0 Å². The number of esters is 2. The van der Waals surface area contributed by atoms with Crippen LogP contribution < -0.4 is 24.4 Å². The molecule has 0 bridgehead atoms. The van der Waals surface area contributed by atoms with E-state index in [9.17, 15) is 14.4 Å². The summed E-state index contributed by atoms with van der Waals surface area (Å²) >= 11 is 1.20. The molecule has 186 valence electrons. The highest BCUT2D eigenvalue weighted by atomic mass is 32.1. The quantitative estimate of drug-likeness (QED) is 0.470. The summed E-state index contributed by atoms with van der Waals surface area (Å²) in [5.41, 5.74) is 1.96. The minimum absolute atomic E-state index is 0.237. The molecule has 3 aromatic rings. The number of carbonyl (C=O) groups excluding carboxylic acids is 2. The zero-order valence-corrected chi connectivity index (χ0v) is 21.2. The lowest BCUT2D eigenvalue weighted by Gasteiger charge is -2.24. The Kier molecular flexibility index (Phi) is 7.07. The van der Waals surface area contributed by atoms with Crippen molar-refractivity contribution in [3.8, 4) is 11.5 Å². The lowest BCUT2D eigenvalue weighted by molar-refractivity contribution is -0.136. The molecule has 10 heteroatoms. The number of allylic oxidation sites excluding steroid dienone is 1. The Labute approximate surface area is 210 Å². The summed E-state index contributed by atoms with van der Waals surface area (Å²) in [7, 11) is 5.64. The number of thiazole rings is 1. The van der Waals surface area contributed by atoms with Crippen LogP contribution >= 0.6 is 11.3 Å². The standard InChI is InChI=1S/C26H24N2O7S/c1-14-20(25(31)35-5)21(15-9-11-16(12-10-15)24(30)34-4)28-23(29)19(36-26(28)27-14)13-17-7-6-8-18(32-2)22(17)33-3/h6-13,21H,1-5H3. The maximum atomic E-state index is 13.7. The molecule has 0 fully saturated rings. The van der Waals surface area contributed by atoms with Gasteiger partial charge in [-0.05, 0) is 36.8 Å². The number of aromatic nitrogens is 1. The molecule has 0 N–H and O–H groups in total. The van der Waals surface area contributed by atoms with Gasteiger partial charge in [0, 0.05) is 5.56 Å². The molecule has 1 atom stereocenters. The van der Waals surface area contributed by atoms with Crippen molar-refractivity contribution in [2.24, 2.45) is 4.99 Å². The first kappa shape index (κ1) is 24.9. The first-order valence-corrected chi connectivity index (χ1v) is 11.7. The molecule has 0 saturated carbocycles. The van der Waals surface area contributed by atoms with E-state index < -0.39 is 18.0 Å². The van der Waals surface area contributed by atoms with Crippen molar-refractivity contribution < 1.29 is 28.5 Å². The number of rotatable bonds is 6. The van der Waals surface area contributed by atoms with Crippen molar-refractivity contribution in [1.29, 1.82) is 0 Å². The molecule has 1 aliphatic rings. The second-order valence-electron chi connectivity index (χ2n) is 7.77. The molecular weight excluding hydrogens is 484 g/mol. The average molecular weight is 509 g/mol. The van der Waals surface area contributed by atoms with E-state index in [2.05, 4.69) is 4.99 Å². The number of nitrogens with zero attached hydrogens (tertiary/aromatic N) is 2. The zero-order chi connectivity index (χ0) is 26.0. The van der Waals surface area contributed by atoms with Gasteiger partial charge in [0.15, 0.2) is 16.3 Å². The Hall–Kier alpha value is -4.18. The molecule has 0 spiro atoms. The maximum Gasteiger partial charge on any atom is 0.338 e. The highest BCUT2D eigenvalue weighted by Gasteiger charge is 2.33. The third kappa shape index (κ3) is 4.31. The Balaban J connectivity index is 1.95. The number of carbonyl (C=O) groups is 2. The average Bonchev–Trinajstić information content (AvgIpc) is 3.20. The Bertz CT molecular complexity index is 1550. The van der Waals surface area contributed by atoms with Crippen LogP contribution in [0.15, 0.2) is 63.5 Å². The van der Waals surface area contributed by atoms with Crippen molar-refractivity contribution in [1.82, 2.24) is 4.57 Å². The molecule has 36 heavy (non-hydrogen) atoms. The van der Waals surface area contributed by atoms with Crippen molar-refractivity contribution in [3.05, 3.63) is 90.1 Å². The Morgan fingerprint density at radius 3 is 2.28 bits per heavy atom. The summed E-state index contributed by atoms with van der Waals surface area (Å²) in [4.78, 5) is 43.4. The van der Waals surface area contributed by atoms with E-state index in [4.69, 9.17) is 18.9 Å². The van der Waals surface area contributed by atoms with E-state index in [0.717, 1.165) is 0 Å². The fourth-order valence-electron chi connectivity index (χ4n) is 4.09. The Morgan fingerprint density at radius 2 is 1.67 bits per heavy atom. The number of hydrogen-bond donors (Lipinski definition) is 0. The van der Waals surface area contributed by atoms with Crippen molar-refractivity contribution in [2.75, 3.05) is 28.4 Å². The van der Waals surface area contributed by atoms with E-state index in [0.29, 0.717) is 43.2 Å². The number of benzene rings is 2. The fraction of sp³-hybridized carbons (Fsp3) is 0.231. The van der Waals surface area contributed by atoms with Gasteiger partial charge < -0.3 is 18.9 Å². The predicted octanol–water partition coefficient (Wildman–Crippen LogP) is 2.21. The van der Waals surface area contributed by atoms with Gasteiger partial charge in [-0.3, -0.25) is 9.36 Å². The molecule has 9 nitrogen and oxygen atoms in total. The smallest absolute Gasteiger partial charge is 0.338 e. The SMILES string of the molecule is COC(=O)C1=C(C)N=c2sc(=Cc3cccc(OC)c3OC)c(=O)n2C1c1ccc(C(=O)OC)cc1. The van der Waals surface area contributed by atoms with Crippen LogP contribution in [-0.4, -0.2) is 44.9 Å². The number of methoxy groups -OCH3 is 4. The largest absolute Gasteiger partial charge is 0.493 e. The van der Waals surface area contributed by atoms with Crippen LogP contribution in [0.4, 0.5) is 0 Å². The van der Waals surface area contributed by atoms with Gasteiger partial charge in [0.25, 0.3) is 5.56 Å². The van der Waals surface area contributed by atoms with Crippen LogP contribution in [0.25, 0.3) is 6.08 Å². The van der Waals surface area contributed by atoms with E-state index in [1.807, 2.05) is 6.07 Å². The first-order valence-electron chi connectivity index (χ1n) is 10.8. The minimum atomic E-state index is -0.797. The van der Waals surface area contributed by atoms with E-state index in [-0.39, 0.29) is 11.1 Å². The molecule has 4 rings (SSSR count). The van der Waals surface area contributed by atoms with Crippen molar-refractivity contribution >= 4 is 29.4 Å². The van der Waals surface area contributed by atoms with Crippen LogP contribution in [0.2, 0.25) is 0 Å². The fourth-order valence-corrected chi connectivity index (χ4v) is 5.13. The monoisotopic (exact) mass is 508 g/mol. The summed E-state index contributed by atoms with van der Waals surface area (Å²) in [6, 6.07) is 11.1. The van der Waals surface area contributed by atoms with Crippen LogP contribution in [0.5, 0.6) is 11.5 Å². The highest BCUT2D eigenvalue weighted by Crippen LogP contribution is 2.32. The molecule has 1 aromatic heterocycles. The molecule has 0 radical (unpaired) electrons. The summed E-state index contributed by atoms with van der Waals surface area (Å²) in [5, 5.41) is 0. The molecule has 2 heterocycles. The molecular formula is C26H24N2O7S. The van der Waals surface area contributed by atoms with Gasteiger partial charge >= 0.3 is 11.9 Å². The molecule has 1 unspecified atom stereocenters. The number of para-hydroxylation sites is 1. The van der Waals surface area contributed by atoms with E-state index >= 15 is 0 Å². The molecule has 2 aromatic carbocycles. The van der Waals surface area contributed by atoms with Gasteiger partial charge in [-0.15, -0.1) is 0 Å². The summed E-state index contributed by atoms with van der Waals surface area (Å²) in [5.74, 6) is -0.0571. The van der Waals surface area contributed by atoms with Gasteiger partial charge in [-0.1, -0.05) is 35.6 Å². The lowest BCUT2D eigenvalue weighted by Crippen LogP contribution is -2.39. The summed E-state index contributed by atoms with van der Waals surface area (Å²) in [6.07, 6.45) is 1.71. The molecule has 0 amide bonds. The molecule has 0 aliphatic carbocycles. The van der Waals surface area contributed by atoms with E-state index in [1.165, 1.54) is 44.3 Å². The van der Waals surface area contributed by atoms with Gasteiger partial charge in [0.2, 0.25) is 0 Å². The highest BCUT2D eigenvalue weighted by molar-refractivity contribution is 7.07. The topological polar surface area (TPSA) is 105 Å². The van der Waals surface area contributed by atoms with Gasteiger partial charge in [0.1, 0.15) is 0 Å².